The summed E-state index contributed by atoms with van der Waals surface area (Å²) in [6, 6.07) is 8.64. The molecule has 1 N–H and O–H groups in total. The van der Waals surface area contributed by atoms with Crippen LogP contribution in [0.15, 0.2) is 30.3 Å². The van der Waals surface area contributed by atoms with E-state index in [0.29, 0.717) is 18.8 Å². The van der Waals surface area contributed by atoms with Crippen molar-refractivity contribution in [1.29, 1.82) is 0 Å². The van der Waals surface area contributed by atoms with Crippen molar-refractivity contribution in [3.8, 4) is 0 Å². The maximum absolute atomic E-state index is 10.9. The van der Waals surface area contributed by atoms with Gasteiger partial charge in [-0.3, -0.25) is 14.8 Å². The molecule has 0 aliphatic heterocycles. The molecule has 0 fully saturated rings. The summed E-state index contributed by atoms with van der Waals surface area (Å²) in [5.74, 6) is 0. The predicted molar refractivity (Wildman–Crippen MR) is 73.3 cm³/mol. The Balaban J connectivity index is 2.00. The molecule has 6 nitrogen and oxygen atoms in total. The number of benzene rings is 1. The monoisotopic (exact) mass is 260 g/mol. The molecule has 100 valence electrons. The highest BCUT2D eigenvalue weighted by Crippen LogP contribution is 2.22. The second kappa shape index (κ2) is 5.51. The summed E-state index contributed by atoms with van der Waals surface area (Å²) in [5.41, 5.74) is 2.69. The Morgan fingerprint density at radius 2 is 2.11 bits per heavy atom. The van der Waals surface area contributed by atoms with Gasteiger partial charge in [0.2, 0.25) is 0 Å². The Morgan fingerprint density at radius 3 is 2.74 bits per heavy atom. The maximum Gasteiger partial charge on any atom is 0.292 e. The molecule has 19 heavy (non-hydrogen) atoms. The van der Waals surface area contributed by atoms with Crippen LogP contribution in [0.4, 0.5) is 11.4 Å². The number of nitro benzene ring substituents is 1. The van der Waals surface area contributed by atoms with Gasteiger partial charge in [-0.25, -0.2) is 0 Å². The lowest BCUT2D eigenvalue weighted by Gasteiger charge is -2.08. The molecule has 0 radical (unpaired) electrons. The van der Waals surface area contributed by atoms with E-state index >= 15 is 0 Å². The van der Waals surface area contributed by atoms with Crippen LogP contribution in [0, 0.1) is 24.0 Å². The first-order valence-electron chi connectivity index (χ1n) is 6.06. The number of hydrogen-bond acceptors (Lipinski definition) is 4. The summed E-state index contributed by atoms with van der Waals surface area (Å²) in [4.78, 5) is 10.5. The van der Waals surface area contributed by atoms with Gasteiger partial charge < -0.3 is 5.32 Å². The first-order valence-corrected chi connectivity index (χ1v) is 6.06. The molecule has 0 saturated carbocycles. The van der Waals surface area contributed by atoms with Crippen LogP contribution >= 0.6 is 0 Å². The van der Waals surface area contributed by atoms with Gasteiger partial charge in [0.25, 0.3) is 5.69 Å². The first kappa shape index (κ1) is 13.1. The number of aryl methyl sites for hydroxylation is 2. The Kier molecular flexibility index (Phi) is 3.79. The van der Waals surface area contributed by atoms with Crippen molar-refractivity contribution in [3.05, 3.63) is 51.8 Å². The Hall–Kier alpha value is -2.37. The van der Waals surface area contributed by atoms with E-state index in [4.69, 9.17) is 0 Å². The van der Waals surface area contributed by atoms with Gasteiger partial charge in [0.05, 0.1) is 17.2 Å². The van der Waals surface area contributed by atoms with Gasteiger partial charge in [0.15, 0.2) is 0 Å². The van der Waals surface area contributed by atoms with Crippen LogP contribution in [0.1, 0.15) is 11.4 Å². The van der Waals surface area contributed by atoms with Crippen LogP contribution in [-0.4, -0.2) is 21.2 Å². The SMILES string of the molecule is Cc1cc(C)n(CCNc2ccccc2[N+](=O)[O-])n1. The topological polar surface area (TPSA) is 73.0 Å². The van der Waals surface area contributed by atoms with E-state index in [1.54, 1.807) is 18.2 Å². The molecule has 0 aliphatic rings. The highest BCUT2D eigenvalue weighted by molar-refractivity contribution is 5.60. The first-order chi connectivity index (χ1) is 9.08. The van der Waals surface area contributed by atoms with Crippen molar-refractivity contribution < 1.29 is 4.92 Å². The minimum absolute atomic E-state index is 0.0934. The fourth-order valence-corrected chi connectivity index (χ4v) is 1.98. The van der Waals surface area contributed by atoms with Gasteiger partial charge in [-0.15, -0.1) is 0 Å². The van der Waals surface area contributed by atoms with Crippen molar-refractivity contribution in [2.45, 2.75) is 20.4 Å². The fourth-order valence-electron chi connectivity index (χ4n) is 1.98. The van der Waals surface area contributed by atoms with Crippen LogP contribution < -0.4 is 5.32 Å². The summed E-state index contributed by atoms with van der Waals surface area (Å²) in [7, 11) is 0. The maximum atomic E-state index is 10.9. The molecule has 1 heterocycles. The van der Waals surface area contributed by atoms with Gasteiger partial charge in [-0.1, -0.05) is 12.1 Å². The summed E-state index contributed by atoms with van der Waals surface area (Å²) < 4.78 is 1.89. The average molecular weight is 260 g/mol. The van der Waals surface area contributed by atoms with Crippen LogP contribution in [0.25, 0.3) is 0 Å². The molecule has 2 rings (SSSR count). The molecule has 0 amide bonds. The lowest BCUT2D eigenvalue weighted by atomic mass is 10.2. The number of nitrogens with zero attached hydrogens (tertiary/aromatic N) is 3. The van der Waals surface area contributed by atoms with E-state index in [-0.39, 0.29) is 10.6 Å². The highest BCUT2D eigenvalue weighted by atomic mass is 16.6. The van der Waals surface area contributed by atoms with Gasteiger partial charge in [0, 0.05) is 18.3 Å². The second-order valence-electron chi connectivity index (χ2n) is 4.35. The Labute approximate surface area is 111 Å². The third kappa shape index (κ3) is 3.09. The van der Waals surface area contributed by atoms with Crippen LogP contribution in [0.2, 0.25) is 0 Å². The number of nitrogens with one attached hydrogen (secondary N) is 1. The predicted octanol–water partition coefficient (Wildman–Crippen LogP) is 2.52. The van der Waals surface area contributed by atoms with E-state index in [1.807, 2.05) is 24.6 Å². The van der Waals surface area contributed by atoms with Crippen LogP contribution in [0.3, 0.4) is 0 Å². The normalized spacial score (nSPS) is 10.4. The molecule has 2 aromatic rings. The molecule has 0 spiro atoms. The van der Waals surface area contributed by atoms with Crippen molar-refractivity contribution in [1.82, 2.24) is 9.78 Å². The Morgan fingerprint density at radius 1 is 1.37 bits per heavy atom. The van der Waals surface area contributed by atoms with E-state index in [0.717, 1.165) is 11.4 Å². The summed E-state index contributed by atoms with van der Waals surface area (Å²) in [6.07, 6.45) is 0. The van der Waals surface area contributed by atoms with E-state index in [9.17, 15) is 10.1 Å². The largest absolute Gasteiger partial charge is 0.378 e. The van der Waals surface area contributed by atoms with E-state index in [2.05, 4.69) is 10.4 Å². The molecule has 1 aromatic carbocycles. The minimum Gasteiger partial charge on any atom is -0.378 e. The van der Waals surface area contributed by atoms with Crippen molar-refractivity contribution in [2.24, 2.45) is 0 Å². The number of hydrogen-bond donors (Lipinski definition) is 1. The third-order valence-corrected chi connectivity index (χ3v) is 2.84. The standard InChI is InChI=1S/C13H16N4O2/c1-10-9-11(2)16(15-10)8-7-14-12-5-3-4-6-13(12)17(18)19/h3-6,9,14H,7-8H2,1-2H3. The van der Waals surface area contributed by atoms with Crippen LogP contribution in [0.5, 0.6) is 0 Å². The molecular formula is C13H16N4O2. The number of nitro groups is 1. The summed E-state index contributed by atoms with van der Waals surface area (Å²) >= 11 is 0. The molecule has 1 aromatic heterocycles. The number of anilines is 1. The number of rotatable bonds is 5. The van der Waals surface area contributed by atoms with Crippen molar-refractivity contribution >= 4 is 11.4 Å². The van der Waals surface area contributed by atoms with Gasteiger partial charge in [0.1, 0.15) is 5.69 Å². The summed E-state index contributed by atoms with van der Waals surface area (Å²) in [6.45, 7) is 5.20. The highest BCUT2D eigenvalue weighted by Gasteiger charge is 2.11. The lowest BCUT2D eigenvalue weighted by molar-refractivity contribution is -0.384. The molecule has 6 heteroatoms. The van der Waals surface area contributed by atoms with E-state index < -0.39 is 0 Å². The minimum atomic E-state index is -0.383. The van der Waals surface area contributed by atoms with E-state index in [1.165, 1.54) is 6.07 Å². The Bertz CT molecular complexity index is 592. The molecule has 0 bridgehead atoms. The number of aromatic nitrogens is 2. The zero-order chi connectivity index (χ0) is 13.8. The fraction of sp³-hybridized carbons (Fsp3) is 0.308. The lowest BCUT2D eigenvalue weighted by Crippen LogP contribution is -2.13. The van der Waals surface area contributed by atoms with Crippen LogP contribution in [-0.2, 0) is 6.54 Å². The molecule has 0 saturated heterocycles. The third-order valence-electron chi connectivity index (χ3n) is 2.84. The summed E-state index contributed by atoms with van der Waals surface area (Å²) in [5, 5.41) is 18.3. The van der Waals surface area contributed by atoms with Gasteiger partial charge in [-0.2, -0.15) is 5.10 Å². The molecule has 0 atom stereocenters. The molecular weight excluding hydrogens is 244 g/mol. The van der Waals surface area contributed by atoms with Gasteiger partial charge >= 0.3 is 0 Å². The van der Waals surface area contributed by atoms with Gasteiger partial charge in [-0.05, 0) is 26.0 Å². The molecule has 0 aliphatic carbocycles. The zero-order valence-corrected chi connectivity index (χ0v) is 11.0. The molecule has 0 unspecified atom stereocenters. The average Bonchev–Trinajstić information content (AvgIpc) is 2.68. The van der Waals surface area contributed by atoms with Crippen molar-refractivity contribution in [3.63, 3.8) is 0 Å². The van der Waals surface area contributed by atoms with Crippen molar-refractivity contribution in [2.75, 3.05) is 11.9 Å². The number of para-hydroxylation sites is 2. The quantitative estimate of drug-likeness (QED) is 0.662. The zero-order valence-electron chi connectivity index (χ0n) is 11.0. The second-order valence-corrected chi connectivity index (χ2v) is 4.35. The smallest absolute Gasteiger partial charge is 0.292 e.